The second-order valence-corrected chi connectivity index (χ2v) is 5.52. The predicted octanol–water partition coefficient (Wildman–Crippen LogP) is 3.34. The summed E-state index contributed by atoms with van der Waals surface area (Å²) in [4.78, 5) is 2.37. The number of hydrogen-bond donors (Lipinski definition) is 1. The highest BCUT2D eigenvalue weighted by molar-refractivity contribution is 5.27. The Morgan fingerprint density at radius 3 is 2.33 bits per heavy atom. The highest BCUT2D eigenvalue weighted by Gasteiger charge is 2.02. The molecule has 0 saturated heterocycles. The van der Waals surface area contributed by atoms with Crippen LogP contribution in [0.2, 0.25) is 0 Å². The molecule has 0 heterocycles. The fraction of sp³-hybridized carbons (Fsp3) is 0.667. The number of hydrogen-bond acceptors (Lipinski definition) is 3. The van der Waals surface area contributed by atoms with Gasteiger partial charge in [0.25, 0.3) is 0 Å². The van der Waals surface area contributed by atoms with E-state index in [2.05, 4.69) is 62.2 Å². The molecule has 0 amide bonds. The van der Waals surface area contributed by atoms with Crippen molar-refractivity contribution in [3.05, 3.63) is 29.8 Å². The third kappa shape index (κ3) is 7.49. The van der Waals surface area contributed by atoms with Crippen LogP contribution in [0.15, 0.2) is 24.3 Å². The fourth-order valence-corrected chi connectivity index (χ4v) is 2.42. The van der Waals surface area contributed by atoms with E-state index in [1.54, 1.807) is 0 Å². The highest BCUT2D eigenvalue weighted by Crippen LogP contribution is 2.14. The lowest BCUT2D eigenvalue weighted by Crippen LogP contribution is -2.27. The second-order valence-electron chi connectivity index (χ2n) is 5.52. The third-order valence-electron chi connectivity index (χ3n) is 3.91. The average Bonchev–Trinajstić information content (AvgIpc) is 2.51. The summed E-state index contributed by atoms with van der Waals surface area (Å²) >= 11 is 0. The molecule has 1 aromatic carbocycles. The molecule has 1 rings (SSSR count). The summed E-state index contributed by atoms with van der Waals surface area (Å²) in [6.07, 6.45) is 2.30. The van der Waals surface area contributed by atoms with Crippen LogP contribution in [0.4, 0.5) is 0 Å². The maximum Gasteiger partial charge on any atom is 0.119 e. The van der Waals surface area contributed by atoms with Crippen molar-refractivity contribution < 1.29 is 4.74 Å². The first-order valence-electron chi connectivity index (χ1n) is 8.37. The summed E-state index contributed by atoms with van der Waals surface area (Å²) < 4.78 is 5.81. The van der Waals surface area contributed by atoms with Gasteiger partial charge >= 0.3 is 0 Å². The zero-order valence-electron chi connectivity index (χ0n) is 14.2. The van der Waals surface area contributed by atoms with Crippen LogP contribution in [0.1, 0.15) is 39.7 Å². The lowest BCUT2D eigenvalue weighted by molar-refractivity contribution is 0.223. The number of rotatable bonds is 11. The minimum Gasteiger partial charge on any atom is -0.492 e. The first-order valence-corrected chi connectivity index (χ1v) is 8.37. The molecule has 1 unspecified atom stereocenters. The molecule has 1 atom stereocenters. The topological polar surface area (TPSA) is 24.5 Å². The molecule has 1 aromatic rings. The van der Waals surface area contributed by atoms with E-state index in [0.717, 1.165) is 45.0 Å². The second kappa shape index (κ2) is 10.6. The number of likely N-dealkylation sites (N-methyl/N-ethyl adjacent to an activating group) is 1. The standard InChI is InChI=1S/C18H32N2O/c1-5-19-16(4)8-9-17-10-12-18(13-11-17)21-15-14-20(6-2)7-3/h10-13,16,19H,5-9,14-15H2,1-4H3. The van der Waals surface area contributed by atoms with Gasteiger partial charge in [-0.1, -0.05) is 32.9 Å². The Bertz CT molecular complexity index is 360. The number of nitrogens with zero attached hydrogens (tertiary/aromatic N) is 1. The normalized spacial score (nSPS) is 12.6. The quantitative estimate of drug-likeness (QED) is 0.677. The Hall–Kier alpha value is -1.06. The summed E-state index contributed by atoms with van der Waals surface area (Å²) in [5.74, 6) is 0.977. The van der Waals surface area contributed by atoms with E-state index in [1.807, 2.05) is 0 Å². The number of ether oxygens (including phenoxy) is 1. The van der Waals surface area contributed by atoms with Crippen molar-refractivity contribution in [2.45, 2.75) is 46.6 Å². The van der Waals surface area contributed by atoms with Crippen molar-refractivity contribution in [2.75, 3.05) is 32.8 Å². The van der Waals surface area contributed by atoms with Crippen molar-refractivity contribution in [1.82, 2.24) is 10.2 Å². The van der Waals surface area contributed by atoms with Crippen LogP contribution in [-0.2, 0) is 6.42 Å². The summed E-state index contributed by atoms with van der Waals surface area (Å²) in [5, 5.41) is 3.45. The van der Waals surface area contributed by atoms with Gasteiger partial charge in [-0.3, -0.25) is 0 Å². The summed E-state index contributed by atoms with van der Waals surface area (Å²) in [7, 11) is 0. The van der Waals surface area contributed by atoms with E-state index in [9.17, 15) is 0 Å². The Morgan fingerprint density at radius 1 is 1.10 bits per heavy atom. The zero-order valence-corrected chi connectivity index (χ0v) is 14.2. The smallest absolute Gasteiger partial charge is 0.119 e. The summed E-state index contributed by atoms with van der Waals surface area (Å²) in [5.41, 5.74) is 1.39. The van der Waals surface area contributed by atoms with Crippen molar-refractivity contribution >= 4 is 0 Å². The maximum atomic E-state index is 5.81. The number of aryl methyl sites for hydroxylation is 1. The van der Waals surface area contributed by atoms with Crippen LogP contribution in [-0.4, -0.2) is 43.7 Å². The van der Waals surface area contributed by atoms with Gasteiger partial charge in [0, 0.05) is 12.6 Å². The van der Waals surface area contributed by atoms with Crippen LogP contribution >= 0.6 is 0 Å². The first-order chi connectivity index (χ1) is 10.2. The molecule has 0 bridgehead atoms. The van der Waals surface area contributed by atoms with E-state index in [1.165, 1.54) is 12.0 Å². The van der Waals surface area contributed by atoms with E-state index in [4.69, 9.17) is 4.74 Å². The fourth-order valence-electron chi connectivity index (χ4n) is 2.42. The number of nitrogens with one attached hydrogen (secondary N) is 1. The molecule has 0 aromatic heterocycles. The molecule has 0 spiro atoms. The maximum absolute atomic E-state index is 5.81. The molecule has 0 aliphatic heterocycles. The van der Waals surface area contributed by atoms with Gasteiger partial charge < -0.3 is 15.0 Å². The van der Waals surface area contributed by atoms with Crippen molar-refractivity contribution in [2.24, 2.45) is 0 Å². The minimum atomic E-state index is 0.583. The molecular formula is C18H32N2O. The molecule has 120 valence electrons. The first kappa shape index (κ1) is 18.0. The summed E-state index contributed by atoms with van der Waals surface area (Å²) in [6, 6.07) is 9.14. The SMILES string of the molecule is CCNC(C)CCc1ccc(OCCN(CC)CC)cc1. The zero-order chi connectivity index (χ0) is 15.5. The van der Waals surface area contributed by atoms with Gasteiger partial charge in [-0.25, -0.2) is 0 Å². The lowest BCUT2D eigenvalue weighted by Gasteiger charge is -2.18. The molecule has 1 N–H and O–H groups in total. The number of benzene rings is 1. The molecule has 0 fully saturated rings. The molecule has 3 nitrogen and oxygen atoms in total. The Morgan fingerprint density at radius 2 is 1.76 bits per heavy atom. The Kier molecular flexibility index (Phi) is 9.11. The van der Waals surface area contributed by atoms with Gasteiger partial charge in [-0.2, -0.15) is 0 Å². The Labute approximate surface area is 130 Å². The van der Waals surface area contributed by atoms with E-state index in [0.29, 0.717) is 6.04 Å². The largest absolute Gasteiger partial charge is 0.492 e. The lowest BCUT2D eigenvalue weighted by atomic mass is 10.1. The van der Waals surface area contributed by atoms with Gasteiger partial charge in [-0.05, 0) is 57.1 Å². The van der Waals surface area contributed by atoms with Crippen LogP contribution < -0.4 is 10.1 Å². The van der Waals surface area contributed by atoms with Gasteiger partial charge in [-0.15, -0.1) is 0 Å². The predicted molar refractivity (Wildman–Crippen MR) is 91.2 cm³/mol. The average molecular weight is 292 g/mol. The van der Waals surface area contributed by atoms with E-state index in [-0.39, 0.29) is 0 Å². The van der Waals surface area contributed by atoms with Crippen LogP contribution in [0, 0.1) is 0 Å². The minimum absolute atomic E-state index is 0.583. The molecule has 3 heteroatoms. The molecule has 0 aliphatic carbocycles. The molecule has 0 aliphatic rings. The Balaban J connectivity index is 2.30. The van der Waals surface area contributed by atoms with Crippen molar-refractivity contribution in [1.29, 1.82) is 0 Å². The van der Waals surface area contributed by atoms with Crippen LogP contribution in [0.3, 0.4) is 0 Å². The van der Waals surface area contributed by atoms with Crippen LogP contribution in [0.5, 0.6) is 5.75 Å². The van der Waals surface area contributed by atoms with E-state index < -0.39 is 0 Å². The molecular weight excluding hydrogens is 260 g/mol. The van der Waals surface area contributed by atoms with Gasteiger partial charge in [0.05, 0.1) is 0 Å². The van der Waals surface area contributed by atoms with Gasteiger partial charge in [0.2, 0.25) is 0 Å². The highest BCUT2D eigenvalue weighted by atomic mass is 16.5. The van der Waals surface area contributed by atoms with Crippen molar-refractivity contribution in [3.8, 4) is 5.75 Å². The third-order valence-corrected chi connectivity index (χ3v) is 3.91. The molecule has 0 saturated carbocycles. The van der Waals surface area contributed by atoms with Crippen LogP contribution in [0.25, 0.3) is 0 Å². The monoisotopic (exact) mass is 292 g/mol. The molecule has 21 heavy (non-hydrogen) atoms. The molecule has 0 radical (unpaired) electrons. The van der Waals surface area contributed by atoms with E-state index >= 15 is 0 Å². The summed E-state index contributed by atoms with van der Waals surface area (Å²) in [6.45, 7) is 13.7. The van der Waals surface area contributed by atoms with Crippen molar-refractivity contribution in [3.63, 3.8) is 0 Å². The van der Waals surface area contributed by atoms with Gasteiger partial charge in [0.15, 0.2) is 0 Å². The van der Waals surface area contributed by atoms with Gasteiger partial charge in [0.1, 0.15) is 12.4 Å².